The second kappa shape index (κ2) is 4.53. The van der Waals surface area contributed by atoms with Crippen LogP contribution < -0.4 is 0 Å². The molecule has 5 heteroatoms. The fraction of sp³-hybridized carbons (Fsp3) is 0.417. The molecular weight excluding hydrogens is 244 g/mol. The van der Waals surface area contributed by atoms with E-state index in [0.29, 0.717) is 12.2 Å². The summed E-state index contributed by atoms with van der Waals surface area (Å²) in [5.74, 6) is -1.57. The fourth-order valence-electron chi connectivity index (χ4n) is 1.70. The average Bonchev–Trinajstić information content (AvgIpc) is 3.02. The first-order valence-corrected chi connectivity index (χ1v) is 6.59. The van der Waals surface area contributed by atoms with Gasteiger partial charge in [0.05, 0.1) is 16.9 Å². The van der Waals surface area contributed by atoms with Crippen LogP contribution in [0.2, 0.25) is 0 Å². The summed E-state index contributed by atoms with van der Waals surface area (Å²) in [6, 6.07) is 5.35. The zero-order valence-electron chi connectivity index (χ0n) is 9.08. The molecule has 17 heavy (non-hydrogen) atoms. The highest BCUT2D eigenvalue weighted by atomic mass is 32.2. The Morgan fingerprint density at radius 3 is 2.59 bits per heavy atom. The zero-order chi connectivity index (χ0) is 12.5. The first kappa shape index (κ1) is 12.2. The van der Waals surface area contributed by atoms with Gasteiger partial charge in [-0.1, -0.05) is 0 Å². The number of nitriles is 1. The Balaban J connectivity index is 2.10. The topological polar surface area (TPSA) is 40.9 Å². The monoisotopic (exact) mass is 255 g/mol. The third-order valence-corrected chi connectivity index (χ3v) is 4.66. The van der Waals surface area contributed by atoms with E-state index in [1.807, 2.05) is 0 Å². The third kappa shape index (κ3) is 2.70. The minimum Gasteiger partial charge on any atom is -0.254 e. The first-order chi connectivity index (χ1) is 8.06. The maximum atomic E-state index is 13.0. The quantitative estimate of drug-likeness (QED) is 0.830. The Morgan fingerprint density at radius 2 is 2.06 bits per heavy atom. The maximum Gasteiger partial charge on any atom is 0.160 e. The van der Waals surface area contributed by atoms with Gasteiger partial charge in [-0.05, 0) is 36.5 Å². The summed E-state index contributed by atoms with van der Waals surface area (Å²) < 4.78 is 37.6. The Kier molecular flexibility index (Phi) is 3.25. The lowest BCUT2D eigenvalue weighted by Gasteiger charge is -2.10. The molecule has 0 amide bonds. The summed E-state index contributed by atoms with van der Waals surface area (Å²) in [6.07, 6.45) is 2.15. The van der Waals surface area contributed by atoms with Crippen LogP contribution in [-0.2, 0) is 10.8 Å². The number of hydrogen-bond acceptors (Lipinski definition) is 2. The number of benzene rings is 1. The molecule has 1 fully saturated rings. The molecule has 1 aliphatic rings. The Hall–Kier alpha value is -1.28. The van der Waals surface area contributed by atoms with Gasteiger partial charge in [0, 0.05) is 17.1 Å². The van der Waals surface area contributed by atoms with Gasteiger partial charge in [0.25, 0.3) is 0 Å². The van der Waals surface area contributed by atoms with Crippen molar-refractivity contribution in [3.05, 3.63) is 29.8 Å². The lowest BCUT2D eigenvalue weighted by atomic mass is 10.1. The third-order valence-electron chi connectivity index (χ3n) is 3.00. The molecule has 1 aromatic carbocycles. The number of rotatable bonds is 4. The predicted octanol–water partition coefficient (Wildman–Crippen LogP) is 2.77. The molecule has 0 bridgehead atoms. The lowest BCUT2D eigenvalue weighted by molar-refractivity contribution is 0.505. The van der Waals surface area contributed by atoms with E-state index in [0.717, 1.165) is 25.0 Å². The van der Waals surface area contributed by atoms with Crippen LogP contribution in [0.5, 0.6) is 0 Å². The van der Waals surface area contributed by atoms with Crippen molar-refractivity contribution in [1.82, 2.24) is 0 Å². The van der Waals surface area contributed by atoms with Crippen LogP contribution in [0.15, 0.2) is 23.1 Å². The first-order valence-electron chi connectivity index (χ1n) is 5.27. The normalized spacial score (nSPS) is 18.4. The van der Waals surface area contributed by atoms with Crippen LogP contribution in [0, 0.1) is 28.4 Å². The number of halogens is 2. The van der Waals surface area contributed by atoms with Crippen molar-refractivity contribution in [1.29, 1.82) is 5.26 Å². The van der Waals surface area contributed by atoms with E-state index in [4.69, 9.17) is 5.26 Å². The van der Waals surface area contributed by atoms with Gasteiger partial charge in [-0.3, -0.25) is 4.21 Å². The maximum absolute atomic E-state index is 13.0. The van der Waals surface area contributed by atoms with Crippen LogP contribution in [-0.4, -0.2) is 9.96 Å². The smallest absolute Gasteiger partial charge is 0.160 e. The average molecular weight is 255 g/mol. The molecule has 0 N–H and O–H groups in total. The van der Waals surface area contributed by atoms with E-state index in [1.165, 1.54) is 6.07 Å². The highest BCUT2D eigenvalue weighted by Gasteiger charge is 2.43. The molecule has 1 aromatic rings. The van der Waals surface area contributed by atoms with Crippen molar-refractivity contribution >= 4 is 10.8 Å². The van der Waals surface area contributed by atoms with Gasteiger partial charge in [0.15, 0.2) is 11.6 Å². The molecule has 2 nitrogen and oxygen atoms in total. The van der Waals surface area contributed by atoms with Crippen LogP contribution in [0.3, 0.4) is 0 Å². The SMILES string of the molecule is N#CCC1(CS(=O)c2ccc(F)c(F)c2)CC1. The van der Waals surface area contributed by atoms with Crippen molar-refractivity contribution in [3.63, 3.8) is 0 Å². The molecule has 0 heterocycles. The van der Waals surface area contributed by atoms with E-state index in [2.05, 4.69) is 6.07 Å². The molecule has 2 rings (SSSR count). The lowest BCUT2D eigenvalue weighted by Crippen LogP contribution is -2.12. The molecule has 1 atom stereocenters. The van der Waals surface area contributed by atoms with Crippen molar-refractivity contribution in [2.24, 2.45) is 5.41 Å². The zero-order valence-corrected chi connectivity index (χ0v) is 9.90. The van der Waals surface area contributed by atoms with Gasteiger partial charge in [-0.25, -0.2) is 8.78 Å². The Labute approximate surface area is 101 Å². The molecule has 0 saturated heterocycles. The van der Waals surface area contributed by atoms with Gasteiger partial charge in [-0.15, -0.1) is 0 Å². The molecule has 1 saturated carbocycles. The van der Waals surface area contributed by atoms with Gasteiger partial charge >= 0.3 is 0 Å². The van der Waals surface area contributed by atoms with E-state index >= 15 is 0 Å². The molecule has 0 aliphatic heterocycles. The van der Waals surface area contributed by atoms with Crippen LogP contribution in [0.4, 0.5) is 8.78 Å². The Morgan fingerprint density at radius 1 is 1.35 bits per heavy atom. The summed E-state index contributed by atoms with van der Waals surface area (Å²) in [5, 5.41) is 8.65. The van der Waals surface area contributed by atoms with E-state index in [-0.39, 0.29) is 10.3 Å². The molecule has 90 valence electrons. The number of nitrogens with zero attached hydrogens (tertiary/aromatic N) is 1. The van der Waals surface area contributed by atoms with Crippen LogP contribution in [0.1, 0.15) is 19.3 Å². The molecular formula is C12H11F2NOS. The molecule has 0 aromatic heterocycles. The van der Waals surface area contributed by atoms with Crippen molar-refractivity contribution in [3.8, 4) is 6.07 Å². The summed E-state index contributed by atoms with van der Waals surface area (Å²) in [6.45, 7) is 0. The number of hydrogen-bond donors (Lipinski definition) is 0. The van der Waals surface area contributed by atoms with Crippen molar-refractivity contribution < 1.29 is 13.0 Å². The van der Waals surface area contributed by atoms with Crippen LogP contribution in [0.25, 0.3) is 0 Å². The molecule has 1 unspecified atom stereocenters. The summed E-state index contributed by atoms with van der Waals surface area (Å²) in [5.41, 5.74) is -0.162. The summed E-state index contributed by atoms with van der Waals surface area (Å²) >= 11 is 0. The van der Waals surface area contributed by atoms with Gasteiger partial charge in [0.2, 0.25) is 0 Å². The van der Waals surface area contributed by atoms with E-state index in [9.17, 15) is 13.0 Å². The molecule has 1 aliphatic carbocycles. The van der Waals surface area contributed by atoms with Gasteiger partial charge in [-0.2, -0.15) is 5.26 Å². The van der Waals surface area contributed by atoms with E-state index in [1.54, 1.807) is 0 Å². The van der Waals surface area contributed by atoms with Crippen LogP contribution >= 0.6 is 0 Å². The van der Waals surface area contributed by atoms with E-state index < -0.39 is 22.4 Å². The minimum atomic E-state index is -1.37. The van der Waals surface area contributed by atoms with Gasteiger partial charge < -0.3 is 0 Å². The molecule has 0 radical (unpaired) electrons. The summed E-state index contributed by atoms with van der Waals surface area (Å²) in [4.78, 5) is 0.285. The largest absolute Gasteiger partial charge is 0.254 e. The standard InChI is InChI=1S/C12H11F2NOS/c13-10-2-1-9(7-11(10)14)17(16)8-12(3-4-12)5-6-15/h1-2,7H,3-5,8H2. The predicted molar refractivity (Wildman–Crippen MR) is 59.5 cm³/mol. The minimum absolute atomic E-state index is 0.162. The van der Waals surface area contributed by atoms with Crippen molar-refractivity contribution in [2.75, 3.05) is 5.75 Å². The van der Waals surface area contributed by atoms with Crippen molar-refractivity contribution in [2.45, 2.75) is 24.2 Å². The Bertz CT molecular complexity index is 506. The molecule has 0 spiro atoms. The summed E-state index contributed by atoms with van der Waals surface area (Å²) in [7, 11) is -1.37. The fourth-order valence-corrected chi connectivity index (χ4v) is 3.26. The highest BCUT2D eigenvalue weighted by Crippen LogP contribution is 2.49. The van der Waals surface area contributed by atoms with Gasteiger partial charge in [0.1, 0.15) is 0 Å². The second-order valence-electron chi connectivity index (χ2n) is 4.40. The highest BCUT2D eigenvalue weighted by molar-refractivity contribution is 7.85. The second-order valence-corrected chi connectivity index (χ2v) is 5.85.